The molecule has 136 valence electrons. The summed E-state index contributed by atoms with van der Waals surface area (Å²) in [5.41, 5.74) is -0.680. The Hall–Kier alpha value is -2.32. The number of carbonyl (C=O) groups is 1. The van der Waals surface area contributed by atoms with Gasteiger partial charge in [-0.2, -0.15) is 0 Å². The molecule has 1 fully saturated rings. The van der Waals surface area contributed by atoms with Crippen LogP contribution in [0.4, 0.5) is 0 Å². The molecule has 0 heterocycles. The average molecular weight is 371 g/mol. The molecule has 26 heavy (non-hydrogen) atoms. The summed E-state index contributed by atoms with van der Waals surface area (Å²) in [5.74, 6) is 5.43. The van der Waals surface area contributed by atoms with Gasteiger partial charge in [0.2, 0.25) is 0 Å². The van der Waals surface area contributed by atoms with Crippen LogP contribution in [0.1, 0.15) is 24.0 Å². The van der Waals surface area contributed by atoms with Crippen LogP contribution in [-0.2, 0) is 10.4 Å². The Bertz CT molecular complexity index is 725. The minimum Gasteiger partial charge on any atom is -0.372 e. The Morgan fingerprint density at radius 2 is 1.46 bits per heavy atom. The van der Waals surface area contributed by atoms with Gasteiger partial charge in [-0.05, 0) is 24.0 Å². The second-order valence-corrected chi connectivity index (χ2v) is 6.13. The molecular weight excluding hydrogens is 348 g/mol. The third-order valence-electron chi connectivity index (χ3n) is 4.23. The highest BCUT2D eigenvalue weighted by molar-refractivity contribution is 5.90. The van der Waals surface area contributed by atoms with Crippen LogP contribution in [0.25, 0.3) is 0 Å². The molecule has 0 aliphatic heterocycles. The number of halogens is 1. The topological polar surface area (TPSA) is 61.4 Å². The SMILES string of the molecule is Cl.O=C(NCC#CCNC1CC1)C(O)(c1ccccc1)c1ccccc1. The van der Waals surface area contributed by atoms with Gasteiger partial charge < -0.3 is 15.7 Å². The van der Waals surface area contributed by atoms with E-state index in [4.69, 9.17) is 0 Å². The second kappa shape index (κ2) is 9.40. The van der Waals surface area contributed by atoms with Crippen LogP contribution in [0.2, 0.25) is 0 Å². The lowest BCUT2D eigenvalue weighted by Gasteiger charge is -2.27. The maximum Gasteiger partial charge on any atom is 0.262 e. The van der Waals surface area contributed by atoms with Crippen LogP contribution in [0.5, 0.6) is 0 Å². The monoisotopic (exact) mass is 370 g/mol. The third-order valence-corrected chi connectivity index (χ3v) is 4.23. The highest BCUT2D eigenvalue weighted by Gasteiger charge is 2.39. The van der Waals surface area contributed by atoms with E-state index < -0.39 is 11.5 Å². The standard InChI is InChI=1S/C21H22N2O2.ClH/c24-20(23-16-8-7-15-22-19-13-14-19)21(25,17-9-3-1-4-10-17)18-11-5-2-6-12-18;/h1-6,9-12,19,22,25H,13-16H2,(H,23,24);1H. The van der Waals surface area contributed by atoms with Gasteiger partial charge in [-0.25, -0.2) is 0 Å². The number of aliphatic hydroxyl groups is 1. The first-order valence-electron chi connectivity index (χ1n) is 8.52. The van der Waals surface area contributed by atoms with Gasteiger partial charge in [-0.1, -0.05) is 72.5 Å². The zero-order chi connectivity index (χ0) is 17.5. The molecule has 0 unspecified atom stereocenters. The maximum atomic E-state index is 12.8. The molecular formula is C21H23ClN2O2. The smallest absolute Gasteiger partial charge is 0.262 e. The lowest BCUT2D eigenvalue weighted by atomic mass is 9.85. The summed E-state index contributed by atoms with van der Waals surface area (Å²) in [7, 11) is 0. The van der Waals surface area contributed by atoms with Crippen molar-refractivity contribution in [2.75, 3.05) is 13.1 Å². The molecule has 1 amide bonds. The Balaban J connectivity index is 0.00000243. The van der Waals surface area contributed by atoms with Crippen LogP contribution in [0.15, 0.2) is 60.7 Å². The van der Waals surface area contributed by atoms with E-state index in [1.54, 1.807) is 48.5 Å². The Labute approximate surface area is 160 Å². The van der Waals surface area contributed by atoms with E-state index in [2.05, 4.69) is 22.5 Å². The molecule has 0 bridgehead atoms. The third kappa shape index (κ3) is 4.86. The van der Waals surface area contributed by atoms with Crippen LogP contribution in [0.3, 0.4) is 0 Å². The summed E-state index contributed by atoms with van der Waals surface area (Å²) in [6.07, 6.45) is 2.44. The zero-order valence-corrected chi connectivity index (χ0v) is 15.3. The molecule has 1 aliphatic rings. The maximum absolute atomic E-state index is 12.8. The highest BCUT2D eigenvalue weighted by atomic mass is 35.5. The summed E-state index contributed by atoms with van der Waals surface area (Å²) in [6, 6.07) is 18.5. The first-order valence-corrected chi connectivity index (χ1v) is 8.52. The number of amides is 1. The fourth-order valence-corrected chi connectivity index (χ4v) is 2.65. The number of benzene rings is 2. The van der Waals surface area contributed by atoms with Crippen molar-refractivity contribution in [1.82, 2.24) is 10.6 Å². The van der Waals surface area contributed by atoms with E-state index in [1.165, 1.54) is 12.8 Å². The fourth-order valence-electron chi connectivity index (χ4n) is 2.65. The van der Waals surface area contributed by atoms with E-state index in [0.717, 1.165) is 0 Å². The van der Waals surface area contributed by atoms with Crippen LogP contribution in [0, 0.1) is 11.8 Å². The second-order valence-electron chi connectivity index (χ2n) is 6.13. The lowest BCUT2D eigenvalue weighted by molar-refractivity contribution is -0.136. The summed E-state index contributed by atoms with van der Waals surface area (Å²) < 4.78 is 0. The Morgan fingerprint density at radius 3 is 1.96 bits per heavy atom. The highest BCUT2D eigenvalue weighted by Crippen LogP contribution is 2.29. The molecule has 0 atom stereocenters. The molecule has 3 rings (SSSR count). The normalized spacial score (nSPS) is 13.1. The summed E-state index contributed by atoms with van der Waals surface area (Å²) >= 11 is 0. The number of hydrogen-bond donors (Lipinski definition) is 3. The molecule has 2 aromatic rings. The first kappa shape index (κ1) is 20.0. The fraction of sp³-hybridized carbons (Fsp3) is 0.286. The van der Waals surface area contributed by atoms with Gasteiger partial charge in [0.05, 0.1) is 13.1 Å². The molecule has 0 saturated heterocycles. The molecule has 0 aromatic heterocycles. The van der Waals surface area contributed by atoms with Gasteiger partial charge in [0, 0.05) is 6.04 Å². The Kier molecular flexibility index (Phi) is 7.23. The number of nitrogens with one attached hydrogen (secondary N) is 2. The van der Waals surface area contributed by atoms with Crippen molar-refractivity contribution in [2.24, 2.45) is 0 Å². The predicted octanol–water partition coefficient (Wildman–Crippen LogP) is 2.22. The molecule has 4 nitrogen and oxygen atoms in total. The lowest BCUT2D eigenvalue weighted by Crippen LogP contribution is -2.45. The quantitative estimate of drug-likeness (QED) is 0.683. The van der Waals surface area contributed by atoms with Crippen LogP contribution < -0.4 is 10.6 Å². The zero-order valence-electron chi connectivity index (χ0n) is 14.4. The number of carbonyl (C=O) groups excluding carboxylic acids is 1. The van der Waals surface area contributed by atoms with E-state index in [-0.39, 0.29) is 19.0 Å². The molecule has 0 radical (unpaired) electrons. The van der Waals surface area contributed by atoms with Crippen molar-refractivity contribution < 1.29 is 9.90 Å². The molecule has 1 saturated carbocycles. The van der Waals surface area contributed by atoms with Crippen molar-refractivity contribution in [2.45, 2.75) is 24.5 Å². The van der Waals surface area contributed by atoms with E-state index >= 15 is 0 Å². The van der Waals surface area contributed by atoms with Crippen molar-refractivity contribution >= 4 is 18.3 Å². The van der Waals surface area contributed by atoms with Crippen LogP contribution >= 0.6 is 12.4 Å². The summed E-state index contributed by atoms with van der Waals surface area (Å²) in [5, 5.41) is 17.3. The van der Waals surface area contributed by atoms with Gasteiger partial charge in [-0.3, -0.25) is 4.79 Å². The van der Waals surface area contributed by atoms with Crippen molar-refractivity contribution in [1.29, 1.82) is 0 Å². The van der Waals surface area contributed by atoms with E-state index in [9.17, 15) is 9.90 Å². The van der Waals surface area contributed by atoms with E-state index in [0.29, 0.717) is 23.7 Å². The minimum atomic E-state index is -1.74. The van der Waals surface area contributed by atoms with Gasteiger partial charge >= 0.3 is 0 Å². The van der Waals surface area contributed by atoms with Crippen molar-refractivity contribution in [3.05, 3.63) is 71.8 Å². The largest absolute Gasteiger partial charge is 0.372 e. The van der Waals surface area contributed by atoms with Gasteiger partial charge in [0.25, 0.3) is 5.91 Å². The van der Waals surface area contributed by atoms with Gasteiger partial charge in [0.1, 0.15) is 0 Å². The first-order chi connectivity index (χ1) is 12.2. The Morgan fingerprint density at radius 1 is 0.962 bits per heavy atom. The summed E-state index contributed by atoms with van der Waals surface area (Å²) in [4.78, 5) is 12.8. The van der Waals surface area contributed by atoms with Crippen LogP contribution in [-0.4, -0.2) is 30.1 Å². The van der Waals surface area contributed by atoms with Crippen molar-refractivity contribution in [3.63, 3.8) is 0 Å². The number of rotatable bonds is 6. The van der Waals surface area contributed by atoms with E-state index in [1.807, 2.05) is 12.1 Å². The molecule has 3 N–H and O–H groups in total. The molecule has 1 aliphatic carbocycles. The van der Waals surface area contributed by atoms with Crippen molar-refractivity contribution in [3.8, 4) is 11.8 Å². The average Bonchev–Trinajstić information content (AvgIpc) is 3.49. The molecule has 0 spiro atoms. The molecule has 5 heteroatoms. The molecule has 2 aromatic carbocycles. The summed E-state index contributed by atoms with van der Waals surface area (Å²) in [6.45, 7) is 0.829. The minimum absolute atomic E-state index is 0. The van der Waals surface area contributed by atoms with Gasteiger partial charge in [-0.15, -0.1) is 12.4 Å². The van der Waals surface area contributed by atoms with Gasteiger partial charge in [0.15, 0.2) is 5.60 Å². The predicted molar refractivity (Wildman–Crippen MR) is 105 cm³/mol. The number of hydrogen-bond acceptors (Lipinski definition) is 3.